The van der Waals surface area contributed by atoms with Crippen LogP contribution in [-0.4, -0.2) is 41.7 Å². The summed E-state index contributed by atoms with van der Waals surface area (Å²) in [6.45, 7) is 2.53. The summed E-state index contributed by atoms with van der Waals surface area (Å²) in [4.78, 5) is 13.4. The summed E-state index contributed by atoms with van der Waals surface area (Å²) in [7, 11) is 0. The highest BCUT2D eigenvalue weighted by Gasteiger charge is 2.19. The number of β-amino-alcohol motifs (C(OH)–C–C–N with tert-alkyl or cyclic N) is 1. The van der Waals surface area contributed by atoms with Gasteiger partial charge in [-0.1, -0.05) is 18.2 Å². The highest BCUT2D eigenvalue weighted by atomic mass is 16.3. The van der Waals surface area contributed by atoms with Gasteiger partial charge >= 0.3 is 0 Å². The molecule has 1 aliphatic rings. The van der Waals surface area contributed by atoms with Gasteiger partial charge in [-0.25, -0.2) is 0 Å². The van der Waals surface area contributed by atoms with Gasteiger partial charge < -0.3 is 15.7 Å². The third kappa shape index (κ3) is 3.05. The van der Waals surface area contributed by atoms with E-state index in [2.05, 4.69) is 4.90 Å². The molecule has 3 N–H and O–H groups in total. The molecule has 0 aliphatic carbocycles. The number of aliphatic hydroxyl groups excluding tert-OH is 1. The molecule has 0 saturated carbocycles. The van der Waals surface area contributed by atoms with Crippen LogP contribution in [0.2, 0.25) is 0 Å². The van der Waals surface area contributed by atoms with Crippen LogP contribution in [0.4, 0.5) is 0 Å². The van der Waals surface area contributed by atoms with Crippen molar-refractivity contribution in [3.05, 3.63) is 35.4 Å². The summed E-state index contributed by atoms with van der Waals surface area (Å²) in [5.41, 5.74) is 6.92. The second-order valence-electron chi connectivity index (χ2n) is 4.51. The first-order valence-corrected chi connectivity index (χ1v) is 5.95. The number of hydrogen-bond donors (Lipinski definition) is 2. The smallest absolute Gasteiger partial charge is 0.248 e. The number of nitrogens with zero attached hydrogens (tertiary/aromatic N) is 1. The van der Waals surface area contributed by atoms with E-state index in [0.717, 1.165) is 38.0 Å². The number of hydrogen-bond acceptors (Lipinski definition) is 3. The fraction of sp³-hybridized carbons (Fsp3) is 0.462. The van der Waals surface area contributed by atoms with Gasteiger partial charge in [0.05, 0.1) is 6.10 Å². The SMILES string of the molecule is NC(=O)c1ccccc1CCN1CCC(O)C1. The quantitative estimate of drug-likeness (QED) is 0.792. The first kappa shape index (κ1) is 12.1. The lowest BCUT2D eigenvalue weighted by Crippen LogP contribution is -2.25. The van der Waals surface area contributed by atoms with Crippen molar-refractivity contribution in [3.8, 4) is 0 Å². The molecule has 0 spiro atoms. The van der Waals surface area contributed by atoms with Gasteiger partial charge in [-0.15, -0.1) is 0 Å². The molecule has 1 atom stereocenters. The molecule has 1 saturated heterocycles. The van der Waals surface area contributed by atoms with E-state index < -0.39 is 0 Å². The summed E-state index contributed by atoms with van der Waals surface area (Å²) in [5, 5.41) is 9.42. The van der Waals surface area contributed by atoms with Crippen LogP contribution in [0.15, 0.2) is 24.3 Å². The highest BCUT2D eigenvalue weighted by Crippen LogP contribution is 2.13. The lowest BCUT2D eigenvalue weighted by atomic mass is 10.0. The first-order valence-electron chi connectivity index (χ1n) is 5.95. The molecule has 1 amide bonds. The van der Waals surface area contributed by atoms with Crippen LogP contribution in [0.3, 0.4) is 0 Å². The van der Waals surface area contributed by atoms with Crippen LogP contribution in [0.1, 0.15) is 22.3 Å². The highest BCUT2D eigenvalue weighted by molar-refractivity contribution is 5.94. The number of primary amides is 1. The summed E-state index contributed by atoms with van der Waals surface area (Å²) in [6.07, 6.45) is 1.45. The van der Waals surface area contributed by atoms with Gasteiger partial charge in [-0.05, 0) is 24.5 Å². The minimum absolute atomic E-state index is 0.193. The van der Waals surface area contributed by atoms with Crippen LogP contribution in [0, 0.1) is 0 Å². The monoisotopic (exact) mass is 234 g/mol. The standard InChI is InChI=1S/C13H18N2O2/c14-13(17)12-4-2-1-3-10(12)5-7-15-8-6-11(16)9-15/h1-4,11,16H,5-9H2,(H2,14,17). The number of nitrogens with two attached hydrogens (primary N) is 1. The second-order valence-corrected chi connectivity index (χ2v) is 4.51. The molecule has 92 valence electrons. The molecule has 4 nitrogen and oxygen atoms in total. The maximum absolute atomic E-state index is 11.2. The maximum atomic E-state index is 11.2. The molecule has 1 fully saturated rings. The fourth-order valence-corrected chi connectivity index (χ4v) is 2.27. The molecule has 1 aromatic carbocycles. The van der Waals surface area contributed by atoms with Gasteiger partial charge in [0, 0.05) is 25.2 Å². The number of rotatable bonds is 4. The van der Waals surface area contributed by atoms with Crippen molar-refractivity contribution in [3.63, 3.8) is 0 Å². The van der Waals surface area contributed by atoms with E-state index in [1.165, 1.54) is 0 Å². The van der Waals surface area contributed by atoms with Crippen molar-refractivity contribution in [1.29, 1.82) is 0 Å². The molecule has 1 aliphatic heterocycles. The topological polar surface area (TPSA) is 66.6 Å². The fourth-order valence-electron chi connectivity index (χ4n) is 2.27. The first-order chi connectivity index (χ1) is 8.16. The van der Waals surface area contributed by atoms with Crippen LogP contribution in [0.25, 0.3) is 0 Å². The van der Waals surface area contributed by atoms with Crippen molar-refractivity contribution in [2.24, 2.45) is 5.73 Å². The Kier molecular flexibility index (Phi) is 3.76. The minimum atomic E-state index is -0.373. The number of likely N-dealkylation sites (tertiary alicyclic amines) is 1. The Morgan fingerprint density at radius 3 is 2.88 bits per heavy atom. The van der Waals surface area contributed by atoms with Gasteiger partial charge in [0.1, 0.15) is 0 Å². The average molecular weight is 234 g/mol. The van der Waals surface area contributed by atoms with Gasteiger partial charge in [0.2, 0.25) is 5.91 Å². The molecule has 1 aromatic rings. The molecule has 0 radical (unpaired) electrons. The summed E-state index contributed by atoms with van der Waals surface area (Å²) < 4.78 is 0. The molecule has 17 heavy (non-hydrogen) atoms. The second kappa shape index (κ2) is 5.29. The Balaban J connectivity index is 1.97. The minimum Gasteiger partial charge on any atom is -0.392 e. The average Bonchev–Trinajstić information content (AvgIpc) is 2.73. The number of benzene rings is 1. The van der Waals surface area contributed by atoms with E-state index >= 15 is 0 Å². The van der Waals surface area contributed by atoms with Crippen molar-refractivity contribution in [2.75, 3.05) is 19.6 Å². The van der Waals surface area contributed by atoms with Gasteiger partial charge in [0.15, 0.2) is 0 Å². The van der Waals surface area contributed by atoms with E-state index in [9.17, 15) is 9.90 Å². The summed E-state index contributed by atoms with van der Waals surface area (Å²) in [6, 6.07) is 7.44. The zero-order chi connectivity index (χ0) is 12.3. The molecule has 0 bridgehead atoms. The summed E-state index contributed by atoms with van der Waals surface area (Å²) >= 11 is 0. The maximum Gasteiger partial charge on any atom is 0.248 e. The van der Waals surface area contributed by atoms with Gasteiger partial charge in [-0.2, -0.15) is 0 Å². The molecule has 4 heteroatoms. The predicted octanol–water partition coefficient (Wildman–Crippen LogP) is 0.395. The Bertz CT molecular complexity index is 406. The Morgan fingerprint density at radius 2 is 2.24 bits per heavy atom. The number of carbonyl (C=O) groups is 1. The third-order valence-electron chi connectivity index (χ3n) is 3.23. The predicted molar refractivity (Wildman–Crippen MR) is 65.7 cm³/mol. The van der Waals surface area contributed by atoms with E-state index in [1.807, 2.05) is 18.2 Å². The van der Waals surface area contributed by atoms with E-state index in [-0.39, 0.29) is 12.0 Å². The van der Waals surface area contributed by atoms with Crippen LogP contribution >= 0.6 is 0 Å². The zero-order valence-corrected chi connectivity index (χ0v) is 9.80. The van der Waals surface area contributed by atoms with Crippen molar-refractivity contribution < 1.29 is 9.90 Å². The molecule has 0 aromatic heterocycles. The molecule has 1 unspecified atom stereocenters. The Labute approximate surface area is 101 Å². The van der Waals surface area contributed by atoms with E-state index in [1.54, 1.807) is 6.07 Å². The summed E-state index contributed by atoms with van der Waals surface area (Å²) in [5.74, 6) is -0.373. The van der Waals surface area contributed by atoms with Crippen LogP contribution in [-0.2, 0) is 6.42 Å². The van der Waals surface area contributed by atoms with E-state index in [0.29, 0.717) is 5.56 Å². The van der Waals surface area contributed by atoms with Crippen molar-refractivity contribution >= 4 is 5.91 Å². The van der Waals surface area contributed by atoms with Crippen molar-refractivity contribution in [1.82, 2.24) is 4.90 Å². The molecule has 1 heterocycles. The molecular weight excluding hydrogens is 216 g/mol. The number of aliphatic hydroxyl groups is 1. The van der Waals surface area contributed by atoms with Crippen LogP contribution < -0.4 is 5.73 Å². The Hall–Kier alpha value is -1.39. The number of carbonyl (C=O) groups excluding carboxylic acids is 1. The molecule has 2 rings (SSSR count). The van der Waals surface area contributed by atoms with Crippen molar-refractivity contribution in [2.45, 2.75) is 18.9 Å². The van der Waals surface area contributed by atoms with E-state index in [4.69, 9.17) is 5.73 Å². The lowest BCUT2D eigenvalue weighted by molar-refractivity contribution is 0.0999. The number of amides is 1. The van der Waals surface area contributed by atoms with Gasteiger partial charge in [-0.3, -0.25) is 4.79 Å². The van der Waals surface area contributed by atoms with Gasteiger partial charge in [0.25, 0.3) is 0 Å². The Morgan fingerprint density at radius 1 is 1.47 bits per heavy atom. The zero-order valence-electron chi connectivity index (χ0n) is 9.80. The lowest BCUT2D eigenvalue weighted by Gasteiger charge is -2.15. The normalized spacial score (nSPS) is 20.6. The largest absolute Gasteiger partial charge is 0.392 e. The molecular formula is C13H18N2O2. The van der Waals surface area contributed by atoms with Crippen LogP contribution in [0.5, 0.6) is 0 Å². The third-order valence-corrected chi connectivity index (χ3v) is 3.23.